The Morgan fingerprint density at radius 2 is 2.17 bits per heavy atom. The van der Waals surface area contributed by atoms with Crippen LogP contribution in [0.4, 0.5) is 0 Å². The number of ketones is 1. The summed E-state index contributed by atoms with van der Waals surface area (Å²) < 4.78 is 0. The molecule has 0 saturated carbocycles. The number of Topliss-reactive ketones (excluding diaryl/α,β-unsaturated/α-hetero) is 1. The Balaban J connectivity index is 2.38. The van der Waals surface area contributed by atoms with Crippen molar-refractivity contribution >= 4 is 17.5 Å². The molecular weight excluding hydrogens is 172 g/mol. The maximum absolute atomic E-state index is 10.9. The Hall–Kier alpha value is -0.900. The summed E-state index contributed by atoms with van der Waals surface area (Å²) in [7, 11) is 0. The van der Waals surface area contributed by atoms with Gasteiger partial charge in [-0.1, -0.05) is 18.7 Å². The van der Waals surface area contributed by atoms with Crippen molar-refractivity contribution in [1.29, 1.82) is 0 Å². The Morgan fingerprint density at radius 1 is 1.50 bits per heavy atom. The van der Waals surface area contributed by atoms with E-state index in [4.69, 9.17) is 0 Å². The van der Waals surface area contributed by atoms with Crippen LogP contribution in [-0.4, -0.2) is 21.5 Å². The number of carbonyl (C=O) groups is 1. The molecule has 0 bridgehead atoms. The van der Waals surface area contributed by atoms with Crippen LogP contribution in [0.1, 0.15) is 13.3 Å². The molecule has 64 valence electrons. The van der Waals surface area contributed by atoms with Crippen LogP contribution in [0.2, 0.25) is 0 Å². The van der Waals surface area contributed by atoms with Gasteiger partial charge < -0.3 is 0 Å². The van der Waals surface area contributed by atoms with Gasteiger partial charge in [-0.3, -0.25) is 4.79 Å². The van der Waals surface area contributed by atoms with Crippen molar-refractivity contribution in [2.24, 2.45) is 0 Å². The molecule has 4 heteroatoms. The molecule has 0 aromatic carbocycles. The maximum atomic E-state index is 10.9. The Kier molecular flexibility index (Phi) is 3.73. The molecule has 0 aliphatic heterocycles. The molecule has 0 atom stereocenters. The van der Waals surface area contributed by atoms with Gasteiger partial charge in [0.1, 0.15) is 5.78 Å². The van der Waals surface area contributed by atoms with Crippen LogP contribution in [0.25, 0.3) is 0 Å². The number of aromatic nitrogens is 2. The third-order valence-corrected chi connectivity index (χ3v) is 2.23. The summed E-state index contributed by atoms with van der Waals surface area (Å²) in [6.07, 6.45) is 3.93. The maximum Gasteiger partial charge on any atom is 0.187 e. The standard InChI is InChI=1S/C8H10N2OS/c1-2-7(11)6-12-8-9-4-3-5-10-8/h3-5H,2,6H2,1H3. The van der Waals surface area contributed by atoms with E-state index in [0.717, 1.165) is 0 Å². The first kappa shape index (κ1) is 9.19. The summed E-state index contributed by atoms with van der Waals surface area (Å²) in [4.78, 5) is 18.9. The number of hydrogen-bond acceptors (Lipinski definition) is 4. The highest BCUT2D eigenvalue weighted by atomic mass is 32.2. The predicted molar refractivity (Wildman–Crippen MR) is 48.1 cm³/mol. The van der Waals surface area contributed by atoms with Gasteiger partial charge in [0.25, 0.3) is 0 Å². The van der Waals surface area contributed by atoms with Gasteiger partial charge in [-0.2, -0.15) is 0 Å². The second kappa shape index (κ2) is 4.87. The van der Waals surface area contributed by atoms with Gasteiger partial charge in [0, 0.05) is 18.8 Å². The molecule has 0 aliphatic carbocycles. The van der Waals surface area contributed by atoms with Crippen LogP contribution in [0.5, 0.6) is 0 Å². The van der Waals surface area contributed by atoms with Crippen LogP contribution in [0.15, 0.2) is 23.6 Å². The zero-order valence-corrected chi connectivity index (χ0v) is 7.67. The molecule has 0 N–H and O–H groups in total. The highest BCUT2D eigenvalue weighted by Gasteiger charge is 2.00. The van der Waals surface area contributed by atoms with Crippen LogP contribution >= 0.6 is 11.8 Å². The zero-order valence-electron chi connectivity index (χ0n) is 6.86. The number of rotatable bonds is 4. The number of thioether (sulfide) groups is 1. The van der Waals surface area contributed by atoms with Gasteiger partial charge in [0.05, 0.1) is 5.75 Å². The van der Waals surface area contributed by atoms with E-state index in [0.29, 0.717) is 17.3 Å². The van der Waals surface area contributed by atoms with Gasteiger partial charge in [-0.15, -0.1) is 0 Å². The van der Waals surface area contributed by atoms with Crippen molar-refractivity contribution in [2.45, 2.75) is 18.5 Å². The molecule has 0 aliphatic rings. The first-order valence-corrected chi connectivity index (χ1v) is 4.73. The van der Waals surface area contributed by atoms with E-state index in [2.05, 4.69) is 9.97 Å². The minimum absolute atomic E-state index is 0.229. The number of nitrogens with zero attached hydrogens (tertiary/aromatic N) is 2. The quantitative estimate of drug-likeness (QED) is 0.523. The molecule has 0 unspecified atom stereocenters. The Labute approximate surface area is 75.6 Å². The molecule has 1 heterocycles. The number of carbonyl (C=O) groups excluding carboxylic acids is 1. The summed E-state index contributed by atoms with van der Waals surface area (Å²) in [5.74, 6) is 0.702. The van der Waals surface area contributed by atoms with Crippen molar-refractivity contribution in [3.05, 3.63) is 18.5 Å². The molecule has 0 saturated heterocycles. The molecule has 0 amide bonds. The molecule has 1 aromatic heterocycles. The van der Waals surface area contributed by atoms with E-state index in [1.54, 1.807) is 18.5 Å². The average Bonchev–Trinajstić information content (AvgIpc) is 2.16. The Bertz CT molecular complexity index is 250. The first-order valence-electron chi connectivity index (χ1n) is 3.74. The molecule has 3 nitrogen and oxygen atoms in total. The van der Waals surface area contributed by atoms with Gasteiger partial charge >= 0.3 is 0 Å². The van der Waals surface area contributed by atoms with Crippen molar-refractivity contribution in [2.75, 3.05) is 5.75 Å². The smallest absolute Gasteiger partial charge is 0.187 e. The summed E-state index contributed by atoms with van der Waals surface area (Å²) in [6, 6.07) is 1.76. The molecule has 0 fully saturated rings. The lowest BCUT2D eigenvalue weighted by molar-refractivity contribution is -0.116. The highest BCUT2D eigenvalue weighted by Crippen LogP contribution is 2.10. The van der Waals surface area contributed by atoms with Crippen LogP contribution in [0, 0.1) is 0 Å². The van der Waals surface area contributed by atoms with Gasteiger partial charge in [0.15, 0.2) is 5.16 Å². The van der Waals surface area contributed by atoms with E-state index in [9.17, 15) is 4.79 Å². The lowest BCUT2D eigenvalue weighted by Crippen LogP contribution is -1.99. The first-order chi connectivity index (χ1) is 5.83. The second-order valence-corrected chi connectivity index (χ2v) is 3.15. The minimum atomic E-state index is 0.229. The van der Waals surface area contributed by atoms with Crippen LogP contribution in [-0.2, 0) is 4.79 Å². The second-order valence-electron chi connectivity index (χ2n) is 2.21. The van der Waals surface area contributed by atoms with Crippen LogP contribution < -0.4 is 0 Å². The zero-order chi connectivity index (χ0) is 8.81. The van der Waals surface area contributed by atoms with Crippen molar-refractivity contribution in [3.8, 4) is 0 Å². The van der Waals surface area contributed by atoms with Gasteiger partial charge in [0.2, 0.25) is 0 Å². The van der Waals surface area contributed by atoms with Crippen molar-refractivity contribution in [3.63, 3.8) is 0 Å². The fourth-order valence-electron chi connectivity index (χ4n) is 0.607. The SMILES string of the molecule is CCC(=O)CSc1ncccn1. The van der Waals surface area contributed by atoms with E-state index in [1.807, 2.05) is 6.92 Å². The van der Waals surface area contributed by atoms with E-state index in [1.165, 1.54) is 11.8 Å². The molecule has 12 heavy (non-hydrogen) atoms. The summed E-state index contributed by atoms with van der Waals surface area (Å²) in [6.45, 7) is 1.86. The van der Waals surface area contributed by atoms with Crippen molar-refractivity contribution < 1.29 is 4.79 Å². The van der Waals surface area contributed by atoms with Gasteiger partial charge in [-0.25, -0.2) is 9.97 Å². The predicted octanol–water partition coefficient (Wildman–Crippen LogP) is 1.55. The lowest BCUT2D eigenvalue weighted by Gasteiger charge is -1.95. The van der Waals surface area contributed by atoms with E-state index in [-0.39, 0.29) is 5.78 Å². The molecule has 0 spiro atoms. The highest BCUT2D eigenvalue weighted by molar-refractivity contribution is 7.99. The fourth-order valence-corrected chi connectivity index (χ4v) is 1.37. The largest absolute Gasteiger partial charge is 0.299 e. The van der Waals surface area contributed by atoms with E-state index < -0.39 is 0 Å². The van der Waals surface area contributed by atoms with E-state index >= 15 is 0 Å². The van der Waals surface area contributed by atoms with Crippen molar-refractivity contribution in [1.82, 2.24) is 9.97 Å². The van der Waals surface area contributed by atoms with Crippen LogP contribution in [0.3, 0.4) is 0 Å². The summed E-state index contributed by atoms with van der Waals surface area (Å²) in [5, 5.41) is 0.666. The monoisotopic (exact) mass is 182 g/mol. The summed E-state index contributed by atoms with van der Waals surface area (Å²) in [5.41, 5.74) is 0. The lowest BCUT2D eigenvalue weighted by atomic mass is 10.4. The topological polar surface area (TPSA) is 42.9 Å². The normalized spacial score (nSPS) is 9.75. The third kappa shape index (κ3) is 3.00. The third-order valence-electron chi connectivity index (χ3n) is 1.30. The molecular formula is C8H10N2OS. The fraction of sp³-hybridized carbons (Fsp3) is 0.375. The summed E-state index contributed by atoms with van der Waals surface area (Å²) >= 11 is 1.38. The Morgan fingerprint density at radius 3 is 2.75 bits per heavy atom. The molecule has 0 radical (unpaired) electrons. The molecule has 1 rings (SSSR count). The minimum Gasteiger partial charge on any atom is -0.299 e. The number of hydrogen-bond donors (Lipinski definition) is 0. The average molecular weight is 182 g/mol. The molecule has 1 aromatic rings. The van der Waals surface area contributed by atoms with Gasteiger partial charge in [-0.05, 0) is 6.07 Å².